The molecular weight excluding hydrogens is 616 g/mol. The SMILES string of the molecule is C=CC(=O)N1CCc2nn(-c3ccc(C4CC4)cc3OC(C)=O)c3c2[C@H](C1)N(C(=O)c1cnc(SC(F)(F)F)c(F)c1N)CC3. The summed E-state index contributed by atoms with van der Waals surface area (Å²) in [6.45, 7) is 5.30. The standard InChI is InChI=1S/C30H28F4N6O4S/c1-3-24(42)38-10-8-19-25-21(40(37-19)20-7-6-17(16-4-5-16)12-23(20)44-15(2)41)9-11-39(22(25)14-38)29(43)18-13-36-28(26(31)27(18)35)45-30(32,33)34/h3,6-7,12-13,16,22H,1,4-5,8-11,14H2,2H3,(H2,35,36)/t22-/m0/s1. The number of pyridine rings is 1. The summed E-state index contributed by atoms with van der Waals surface area (Å²) in [6.07, 6.45) is 4.74. The molecule has 3 aliphatic rings. The summed E-state index contributed by atoms with van der Waals surface area (Å²) in [5.74, 6) is -2.28. The second kappa shape index (κ2) is 11.5. The second-order valence-electron chi connectivity index (χ2n) is 11.1. The van der Waals surface area contributed by atoms with Crippen LogP contribution in [0.2, 0.25) is 0 Å². The summed E-state index contributed by atoms with van der Waals surface area (Å²) in [6, 6.07) is 4.92. The Morgan fingerprint density at radius 3 is 2.60 bits per heavy atom. The average Bonchev–Trinajstić information content (AvgIpc) is 3.79. The molecule has 0 spiro atoms. The molecule has 1 atom stereocenters. The van der Waals surface area contributed by atoms with Gasteiger partial charge in [0.2, 0.25) is 5.91 Å². The number of carbonyl (C=O) groups is 3. The lowest BCUT2D eigenvalue weighted by Gasteiger charge is -2.38. The number of esters is 1. The molecule has 10 nitrogen and oxygen atoms in total. The number of nitrogens with zero attached hydrogens (tertiary/aromatic N) is 5. The Hall–Kier alpha value is -4.40. The second-order valence-corrected chi connectivity index (χ2v) is 12.1. The Balaban J connectivity index is 1.42. The predicted octanol–water partition coefficient (Wildman–Crippen LogP) is 4.71. The van der Waals surface area contributed by atoms with Gasteiger partial charge in [0.15, 0.2) is 11.6 Å². The van der Waals surface area contributed by atoms with E-state index in [2.05, 4.69) is 11.6 Å². The van der Waals surface area contributed by atoms with E-state index in [1.165, 1.54) is 22.8 Å². The van der Waals surface area contributed by atoms with Crippen molar-refractivity contribution < 1.29 is 36.7 Å². The highest BCUT2D eigenvalue weighted by Crippen LogP contribution is 2.44. The van der Waals surface area contributed by atoms with Crippen LogP contribution in [0, 0.1) is 5.82 Å². The predicted molar refractivity (Wildman–Crippen MR) is 155 cm³/mol. The molecule has 3 aromatic rings. The van der Waals surface area contributed by atoms with Gasteiger partial charge in [-0.3, -0.25) is 14.4 Å². The van der Waals surface area contributed by atoms with Crippen LogP contribution in [-0.2, 0) is 22.4 Å². The van der Waals surface area contributed by atoms with E-state index in [-0.39, 0.29) is 32.0 Å². The largest absolute Gasteiger partial charge is 0.447 e. The van der Waals surface area contributed by atoms with Crippen molar-refractivity contribution in [2.24, 2.45) is 0 Å². The number of rotatable bonds is 6. The van der Waals surface area contributed by atoms with Crippen LogP contribution in [0.15, 0.2) is 42.1 Å². The van der Waals surface area contributed by atoms with Gasteiger partial charge in [0.05, 0.1) is 28.7 Å². The van der Waals surface area contributed by atoms with Gasteiger partial charge in [-0.25, -0.2) is 14.1 Å². The van der Waals surface area contributed by atoms with Gasteiger partial charge in [-0.15, -0.1) is 0 Å². The normalized spacial score (nSPS) is 17.8. The molecule has 6 rings (SSSR count). The maximum Gasteiger partial charge on any atom is 0.447 e. The number of hydrogen-bond donors (Lipinski definition) is 1. The van der Waals surface area contributed by atoms with Crippen molar-refractivity contribution in [3.63, 3.8) is 0 Å². The third kappa shape index (κ3) is 5.88. The molecule has 2 aromatic heterocycles. The molecule has 1 aromatic carbocycles. The van der Waals surface area contributed by atoms with E-state index in [1.807, 2.05) is 18.2 Å². The lowest BCUT2D eigenvalue weighted by atomic mass is 9.94. The molecule has 0 bridgehead atoms. The summed E-state index contributed by atoms with van der Waals surface area (Å²) >= 11 is -0.763. The highest BCUT2D eigenvalue weighted by molar-refractivity contribution is 8.00. The van der Waals surface area contributed by atoms with Crippen LogP contribution in [0.25, 0.3) is 5.69 Å². The molecule has 1 saturated carbocycles. The first-order chi connectivity index (χ1) is 21.4. The minimum atomic E-state index is -4.80. The zero-order valence-electron chi connectivity index (χ0n) is 24.1. The molecule has 0 saturated heterocycles. The summed E-state index contributed by atoms with van der Waals surface area (Å²) in [4.78, 5) is 45.2. The Morgan fingerprint density at radius 2 is 1.93 bits per heavy atom. The van der Waals surface area contributed by atoms with Crippen LogP contribution in [0.3, 0.4) is 0 Å². The minimum absolute atomic E-state index is 0.0531. The van der Waals surface area contributed by atoms with Crippen molar-refractivity contribution in [1.29, 1.82) is 0 Å². The van der Waals surface area contributed by atoms with E-state index in [9.17, 15) is 31.9 Å². The quantitative estimate of drug-likeness (QED) is 0.135. The first kappa shape index (κ1) is 30.6. The van der Waals surface area contributed by atoms with Crippen LogP contribution in [0.4, 0.5) is 23.2 Å². The number of alkyl halides is 3. The number of ether oxygens (including phenoxy) is 1. The van der Waals surface area contributed by atoms with Gasteiger partial charge in [-0.05, 0) is 42.5 Å². The third-order valence-corrected chi connectivity index (χ3v) is 8.85. The number of anilines is 1. The monoisotopic (exact) mass is 644 g/mol. The van der Waals surface area contributed by atoms with Crippen molar-refractivity contribution in [3.05, 3.63) is 70.9 Å². The smallest absolute Gasteiger partial charge is 0.424 e. The fourth-order valence-corrected chi connectivity index (χ4v) is 6.49. The maximum atomic E-state index is 14.9. The maximum absolute atomic E-state index is 14.9. The summed E-state index contributed by atoms with van der Waals surface area (Å²) in [7, 11) is 0. The van der Waals surface area contributed by atoms with Gasteiger partial charge in [-0.2, -0.15) is 18.3 Å². The highest BCUT2D eigenvalue weighted by Gasteiger charge is 2.41. The van der Waals surface area contributed by atoms with E-state index in [1.54, 1.807) is 4.68 Å². The molecule has 15 heteroatoms. The van der Waals surface area contributed by atoms with Gasteiger partial charge >= 0.3 is 11.5 Å². The van der Waals surface area contributed by atoms with Gasteiger partial charge < -0.3 is 20.3 Å². The molecule has 4 heterocycles. The molecule has 0 radical (unpaired) electrons. The molecular formula is C30H28F4N6O4S. The van der Waals surface area contributed by atoms with E-state index < -0.39 is 57.3 Å². The molecule has 2 aliphatic heterocycles. The van der Waals surface area contributed by atoms with E-state index in [4.69, 9.17) is 15.6 Å². The van der Waals surface area contributed by atoms with E-state index in [0.29, 0.717) is 35.0 Å². The first-order valence-corrected chi connectivity index (χ1v) is 15.0. The molecule has 2 N–H and O–H groups in total. The number of aromatic nitrogens is 3. The van der Waals surface area contributed by atoms with Crippen molar-refractivity contribution in [2.45, 2.75) is 55.1 Å². The van der Waals surface area contributed by atoms with Crippen molar-refractivity contribution >= 4 is 35.2 Å². The Morgan fingerprint density at radius 1 is 1.18 bits per heavy atom. The fourth-order valence-electron chi connectivity index (χ4n) is 5.97. The average molecular weight is 645 g/mol. The van der Waals surface area contributed by atoms with Crippen LogP contribution in [0.1, 0.15) is 64.6 Å². The van der Waals surface area contributed by atoms with Crippen LogP contribution >= 0.6 is 11.8 Å². The Kier molecular flexibility index (Phi) is 7.83. The first-order valence-electron chi connectivity index (χ1n) is 14.2. The van der Waals surface area contributed by atoms with Crippen LogP contribution < -0.4 is 10.5 Å². The number of hydrogen-bond acceptors (Lipinski definition) is 8. The zero-order chi connectivity index (χ0) is 32.2. The topological polar surface area (TPSA) is 124 Å². The lowest BCUT2D eigenvalue weighted by Crippen LogP contribution is -2.46. The third-order valence-electron chi connectivity index (χ3n) is 8.14. The number of nitrogens with two attached hydrogens (primary N) is 1. The summed E-state index contributed by atoms with van der Waals surface area (Å²) < 4.78 is 60.9. The summed E-state index contributed by atoms with van der Waals surface area (Å²) in [5.41, 5.74) is 3.55. The van der Waals surface area contributed by atoms with Crippen molar-refractivity contribution in [1.82, 2.24) is 24.6 Å². The molecule has 1 fully saturated rings. The van der Waals surface area contributed by atoms with Gasteiger partial charge in [0, 0.05) is 62.9 Å². The van der Waals surface area contributed by atoms with Gasteiger partial charge in [0.1, 0.15) is 10.7 Å². The van der Waals surface area contributed by atoms with Crippen molar-refractivity contribution in [3.8, 4) is 11.4 Å². The highest BCUT2D eigenvalue weighted by atomic mass is 32.2. The number of carbonyl (C=O) groups excluding carboxylic acids is 3. The molecule has 45 heavy (non-hydrogen) atoms. The molecule has 0 unspecified atom stereocenters. The number of amides is 2. The molecule has 236 valence electrons. The Bertz CT molecular complexity index is 1740. The fraction of sp³-hybridized carbons (Fsp3) is 0.367. The summed E-state index contributed by atoms with van der Waals surface area (Å²) in [5, 5.41) is 3.89. The van der Waals surface area contributed by atoms with Crippen molar-refractivity contribution in [2.75, 3.05) is 25.4 Å². The number of thioether (sulfide) groups is 1. The number of nitrogen functional groups attached to an aromatic ring is 1. The molecule has 1 aliphatic carbocycles. The molecule has 2 amide bonds. The van der Waals surface area contributed by atoms with Crippen LogP contribution in [-0.4, -0.2) is 67.5 Å². The van der Waals surface area contributed by atoms with Crippen LogP contribution in [0.5, 0.6) is 5.75 Å². The van der Waals surface area contributed by atoms with Gasteiger partial charge in [-0.1, -0.05) is 12.6 Å². The van der Waals surface area contributed by atoms with E-state index >= 15 is 0 Å². The zero-order valence-corrected chi connectivity index (χ0v) is 24.9. The lowest BCUT2D eigenvalue weighted by molar-refractivity contribution is -0.132. The Labute approximate surface area is 259 Å². The minimum Gasteiger partial charge on any atom is -0.424 e. The number of halogens is 4. The van der Waals surface area contributed by atoms with E-state index in [0.717, 1.165) is 30.3 Å². The van der Waals surface area contributed by atoms with Gasteiger partial charge in [0.25, 0.3) is 5.91 Å². The number of benzene rings is 1.